The van der Waals surface area contributed by atoms with Crippen LogP contribution in [0.5, 0.6) is 5.75 Å². The highest BCUT2D eigenvalue weighted by molar-refractivity contribution is 14.1. The van der Waals surface area contributed by atoms with Gasteiger partial charge in [0.05, 0.1) is 12.4 Å². The number of aryl methyl sites for hydroxylation is 1. The molecule has 0 fully saturated rings. The molecule has 2 aromatic heterocycles. The number of benzene rings is 1. The van der Waals surface area contributed by atoms with E-state index in [9.17, 15) is 12.8 Å². The number of rotatable bonds is 7. The molecule has 4 rings (SSSR count). The number of halogens is 2. The molecule has 0 unspecified atom stereocenters. The van der Waals surface area contributed by atoms with E-state index in [4.69, 9.17) is 10.5 Å². The van der Waals surface area contributed by atoms with Gasteiger partial charge in [0, 0.05) is 23.0 Å². The number of imidazole rings is 1. The Morgan fingerprint density at radius 2 is 2.13 bits per heavy atom. The summed E-state index contributed by atoms with van der Waals surface area (Å²) in [5.41, 5.74) is 8.59. The van der Waals surface area contributed by atoms with Crippen LogP contribution in [0, 0.1) is 9.65 Å². The maximum absolute atomic E-state index is 13.8. The van der Waals surface area contributed by atoms with Gasteiger partial charge in [-0.2, -0.15) is 14.4 Å². The average molecular weight is 546 g/mol. The monoisotopic (exact) mass is 546 g/mol. The number of hydrogen-bond donors (Lipinski definition) is 2. The van der Waals surface area contributed by atoms with Crippen LogP contribution < -0.4 is 15.2 Å². The minimum Gasteiger partial charge on any atom is -0.493 e. The summed E-state index contributed by atoms with van der Waals surface area (Å²) in [4.78, 5) is 12.0. The maximum Gasteiger partial charge on any atom is 0.312 e. The lowest BCUT2D eigenvalue weighted by Gasteiger charge is -2.11. The Hall–Kier alpha value is -2.06. The number of sulfonamides is 1. The molecular weight excluding hydrogens is 526 g/mol. The minimum absolute atomic E-state index is 0.0488. The molecule has 0 saturated heterocycles. The van der Waals surface area contributed by atoms with Crippen LogP contribution in [0.4, 0.5) is 10.2 Å². The third-order valence-corrected chi connectivity index (χ3v) is 7.44. The zero-order chi connectivity index (χ0) is 21.5. The van der Waals surface area contributed by atoms with Crippen LogP contribution in [0.15, 0.2) is 12.1 Å². The van der Waals surface area contributed by atoms with E-state index in [1.807, 2.05) is 6.07 Å². The molecule has 3 N–H and O–H groups in total. The van der Waals surface area contributed by atoms with E-state index in [1.54, 1.807) is 4.57 Å². The first-order valence-corrected chi connectivity index (χ1v) is 12.0. The van der Waals surface area contributed by atoms with Crippen molar-refractivity contribution in [2.75, 3.05) is 25.1 Å². The summed E-state index contributed by atoms with van der Waals surface area (Å²) in [7, 11) is -1.99. The van der Waals surface area contributed by atoms with E-state index in [0.29, 0.717) is 37.3 Å². The highest BCUT2D eigenvalue weighted by Gasteiger charge is 2.20. The van der Waals surface area contributed by atoms with Crippen molar-refractivity contribution in [3.8, 4) is 5.75 Å². The van der Waals surface area contributed by atoms with Crippen LogP contribution in [0.2, 0.25) is 0 Å². The quantitative estimate of drug-likeness (QED) is 0.341. The molecule has 0 bridgehead atoms. The SMILES string of the molecule is CNS(=O)(=O)CCCn1c(Cc2cc3c(cc2I)CCO3)nc2c(N)nc(F)nc21. The zero-order valence-corrected chi connectivity index (χ0v) is 19.1. The lowest BCUT2D eigenvalue weighted by molar-refractivity contribution is 0.356. The van der Waals surface area contributed by atoms with Crippen LogP contribution in [-0.2, 0) is 29.4 Å². The summed E-state index contributed by atoms with van der Waals surface area (Å²) < 4.78 is 48.1. The van der Waals surface area contributed by atoms with Crippen LogP contribution in [-0.4, -0.2) is 47.3 Å². The third kappa shape index (κ3) is 4.21. The number of fused-ring (bicyclic) bond motifs is 2. The predicted octanol–water partition coefficient (Wildman–Crippen LogP) is 1.62. The van der Waals surface area contributed by atoms with Gasteiger partial charge < -0.3 is 15.0 Å². The number of nitrogen functional groups attached to an aromatic ring is 1. The first kappa shape index (κ1) is 21.2. The van der Waals surface area contributed by atoms with Crippen molar-refractivity contribution in [3.63, 3.8) is 0 Å². The molecular formula is C18H20FIN6O3S. The lowest BCUT2D eigenvalue weighted by Crippen LogP contribution is -2.23. The Balaban J connectivity index is 1.72. The van der Waals surface area contributed by atoms with E-state index in [-0.39, 0.29) is 17.2 Å². The van der Waals surface area contributed by atoms with Crippen LogP contribution in [0.1, 0.15) is 23.4 Å². The molecule has 0 radical (unpaired) electrons. The summed E-state index contributed by atoms with van der Waals surface area (Å²) >= 11 is 2.27. The largest absolute Gasteiger partial charge is 0.493 e. The molecule has 1 aromatic carbocycles. The molecule has 0 atom stereocenters. The van der Waals surface area contributed by atoms with Crippen LogP contribution in [0.25, 0.3) is 11.2 Å². The Kier molecular flexibility index (Phi) is 5.81. The second-order valence-corrected chi connectivity index (χ2v) is 10.1. The number of nitrogens with one attached hydrogen (secondary N) is 1. The molecule has 0 aliphatic carbocycles. The molecule has 3 heterocycles. The van der Waals surface area contributed by atoms with E-state index >= 15 is 0 Å². The van der Waals surface area contributed by atoms with E-state index in [2.05, 4.69) is 48.3 Å². The van der Waals surface area contributed by atoms with Gasteiger partial charge in [0.25, 0.3) is 0 Å². The van der Waals surface area contributed by atoms with Gasteiger partial charge >= 0.3 is 6.08 Å². The fourth-order valence-electron chi connectivity index (χ4n) is 3.47. The fourth-order valence-corrected chi connectivity index (χ4v) is 4.90. The molecule has 0 amide bonds. The van der Waals surface area contributed by atoms with Crippen molar-refractivity contribution >= 4 is 49.6 Å². The standard InChI is InChI=1S/C18H20FIN6O3S/c1-22-30(27,28)6-2-4-26-14(23-15-16(21)24-18(19)25-17(15)26)9-11-8-13-10(3-5-29-13)7-12(11)20/h7-8,22H,2-6,9H2,1H3,(H2,21,24,25). The summed E-state index contributed by atoms with van der Waals surface area (Å²) in [6.07, 6.45) is 0.675. The molecule has 9 nitrogen and oxygen atoms in total. The number of ether oxygens (including phenoxy) is 1. The van der Waals surface area contributed by atoms with Gasteiger partial charge in [-0.25, -0.2) is 18.1 Å². The summed E-state index contributed by atoms with van der Waals surface area (Å²) in [6.45, 7) is 0.958. The molecule has 1 aliphatic heterocycles. The molecule has 1 aliphatic rings. The highest BCUT2D eigenvalue weighted by atomic mass is 127. The van der Waals surface area contributed by atoms with Crippen molar-refractivity contribution in [2.45, 2.75) is 25.8 Å². The van der Waals surface area contributed by atoms with Gasteiger partial charge in [-0.05, 0) is 59.3 Å². The second-order valence-electron chi connectivity index (χ2n) is 6.93. The van der Waals surface area contributed by atoms with E-state index < -0.39 is 16.1 Å². The maximum atomic E-state index is 13.8. The summed E-state index contributed by atoms with van der Waals surface area (Å²) in [5, 5.41) is 0. The van der Waals surface area contributed by atoms with Gasteiger partial charge in [-0.15, -0.1) is 0 Å². The average Bonchev–Trinajstić information content (AvgIpc) is 3.27. The highest BCUT2D eigenvalue weighted by Crippen LogP contribution is 2.31. The number of hydrogen-bond acceptors (Lipinski definition) is 7. The van der Waals surface area contributed by atoms with Crippen molar-refractivity contribution < 1.29 is 17.5 Å². The van der Waals surface area contributed by atoms with Crippen molar-refractivity contribution in [1.29, 1.82) is 0 Å². The second kappa shape index (κ2) is 8.23. The fraction of sp³-hybridized carbons (Fsp3) is 0.389. The Morgan fingerprint density at radius 1 is 1.33 bits per heavy atom. The van der Waals surface area contributed by atoms with Gasteiger partial charge in [0.2, 0.25) is 10.0 Å². The first-order chi connectivity index (χ1) is 14.3. The Labute approximate surface area is 186 Å². The van der Waals surface area contributed by atoms with Gasteiger partial charge in [-0.3, -0.25) is 0 Å². The summed E-state index contributed by atoms with van der Waals surface area (Å²) in [5.74, 6) is 1.34. The van der Waals surface area contributed by atoms with Crippen molar-refractivity contribution in [1.82, 2.24) is 24.2 Å². The number of aromatic nitrogens is 4. The number of nitrogens with two attached hydrogens (primary N) is 1. The van der Waals surface area contributed by atoms with Crippen LogP contribution >= 0.6 is 22.6 Å². The molecule has 3 aromatic rings. The topological polar surface area (TPSA) is 125 Å². The first-order valence-electron chi connectivity index (χ1n) is 9.31. The Morgan fingerprint density at radius 3 is 2.90 bits per heavy atom. The number of nitrogens with zero attached hydrogens (tertiary/aromatic N) is 4. The predicted molar refractivity (Wildman–Crippen MR) is 118 cm³/mol. The summed E-state index contributed by atoms with van der Waals surface area (Å²) in [6, 6.07) is 4.09. The zero-order valence-electron chi connectivity index (χ0n) is 16.2. The number of anilines is 1. The molecule has 12 heteroatoms. The lowest BCUT2D eigenvalue weighted by atomic mass is 10.1. The van der Waals surface area contributed by atoms with Crippen LogP contribution in [0.3, 0.4) is 0 Å². The van der Waals surface area contributed by atoms with E-state index in [0.717, 1.165) is 21.3 Å². The molecule has 0 spiro atoms. The van der Waals surface area contributed by atoms with Gasteiger partial charge in [0.15, 0.2) is 17.0 Å². The smallest absolute Gasteiger partial charge is 0.312 e. The Bertz CT molecular complexity index is 1230. The molecule has 160 valence electrons. The van der Waals surface area contributed by atoms with Crippen molar-refractivity contribution in [2.24, 2.45) is 0 Å². The normalized spacial score (nSPS) is 13.6. The van der Waals surface area contributed by atoms with E-state index in [1.165, 1.54) is 12.6 Å². The van der Waals surface area contributed by atoms with Gasteiger partial charge in [-0.1, -0.05) is 0 Å². The molecule has 30 heavy (non-hydrogen) atoms. The van der Waals surface area contributed by atoms with Crippen molar-refractivity contribution in [3.05, 3.63) is 38.7 Å². The van der Waals surface area contributed by atoms with Gasteiger partial charge in [0.1, 0.15) is 11.6 Å². The minimum atomic E-state index is -3.36. The molecule has 0 saturated carbocycles. The third-order valence-electron chi connectivity index (χ3n) is 4.99.